The van der Waals surface area contributed by atoms with E-state index in [0.29, 0.717) is 19.5 Å². The first-order valence-electron chi connectivity index (χ1n) is 3.55. The lowest BCUT2D eigenvalue weighted by Gasteiger charge is -2.02. The molecule has 3 N–H and O–H groups in total. The minimum Gasteiger partial charge on any atom is -0.370 e. The molecule has 0 radical (unpaired) electrons. The molecule has 1 unspecified atom stereocenters. The van der Waals surface area contributed by atoms with Gasteiger partial charge in [0, 0.05) is 19.5 Å². The molecule has 1 amide bonds. The lowest BCUT2D eigenvalue weighted by Crippen LogP contribution is -2.25. The smallest absolute Gasteiger partial charge is 0.218 e. The van der Waals surface area contributed by atoms with E-state index in [1.165, 1.54) is 0 Å². The lowest BCUT2D eigenvalue weighted by atomic mass is 10.2. The molecule has 0 saturated carbocycles. The van der Waals surface area contributed by atoms with Crippen molar-refractivity contribution in [2.24, 2.45) is 11.7 Å². The highest BCUT2D eigenvalue weighted by Crippen LogP contribution is 1.86. The van der Waals surface area contributed by atoms with E-state index in [1.54, 1.807) is 0 Å². The van der Waals surface area contributed by atoms with Gasteiger partial charge in [0.05, 0.1) is 12.0 Å². The van der Waals surface area contributed by atoms with Crippen LogP contribution >= 0.6 is 0 Å². The van der Waals surface area contributed by atoms with Crippen LogP contribution in [0.25, 0.3) is 0 Å². The molecule has 0 bridgehead atoms. The average Bonchev–Trinajstić information content (AvgIpc) is 1.97. The number of hydrogen-bond acceptors (Lipinski definition) is 3. The van der Waals surface area contributed by atoms with Crippen molar-refractivity contribution < 1.29 is 4.79 Å². The first-order chi connectivity index (χ1) is 5.16. The quantitative estimate of drug-likeness (QED) is 0.531. The summed E-state index contributed by atoms with van der Waals surface area (Å²) in [5, 5.41) is 11.3. The van der Waals surface area contributed by atoms with Crippen molar-refractivity contribution in [3.63, 3.8) is 0 Å². The van der Waals surface area contributed by atoms with Gasteiger partial charge >= 0.3 is 0 Å². The van der Waals surface area contributed by atoms with E-state index in [9.17, 15) is 4.79 Å². The summed E-state index contributed by atoms with van der Waals surface area (Å²) >= 11 is 0. The zero-order valence-electron chi connectivity index (χ0n) is 6.63. The highest BCUT2D eigenvalue weighted by atomic mass is 16.1. The molecule has 0 fully saturated rings. The fourth-order valence-electron chi connectivity index (χ4n) is 0.576. The normalized spacial score (nSPS) is 12.0. The molecular weight excluding hydrogens is 142 g/mol. The van der Waals surface area contributed by atoms with Gasteiger partial charge in [-0.25, -0.2) is 0 Å². The Bertz CT molecular complexity index is 162. The van der Waals surface area contributed by atoms with Gasteiger partial charge in [-0.15, -0.1) is 0 Å². The van der Waals surface area contributed by atoms with Gasteiger partial charge in [-0.3, -0.25) is 4.79 Å². The molecular formula is C7H13N3O. The van der Waals surface area contributed by atoms with Crippen LogP contribution in [0.1, 0.15) is 13.3 Å². The van der Waals surface area contributed by atoms with E-state index in [4.69, 9.17) is 11.0 Å². The summed E-state index contributed by atoms with van der Waals surface area (Å²) in [4.78, 5) is 10.2. The molecule has 0 aromatic heterocycles. The van der Waals surface area contributed by atoms with Crippen LogP contribution in [0.4, 0.5) is 0 Å². The van der Waals surface area contributed by atoms with Gasteiger partial charge < -0.3 is 11.1 Å². The van der Waals surface area contributed by atoms with Gasteiger partial charge in [0.15, 0.2) is 0 Å². The van der Waals surface area contributed by atoms with Crippen molar-refractivity contribution in [1.82, 2.24) is 5.32 Å². The highest BCUT2D eigenvalue weighted by Gasteiger charge is 1.98. The number of carbonyl (C=O) groups is 1. The van der Waals surface area contributed by atoms with E-state index in [1.807, 2.05) is 6.92 Å². The summed E-state index contributed by atoms with van der Waals surface area (Å²) in [6, 6.07) is 2.07. The van der Waals surface area contributed by atoms with Gasteiger partial charge in [-0.2, -0.15) is 5.26 Å². The first kappa shape index (κ1) is 9.92. The number of nitrogens with zero attached hydrogens (tertiary/aromatic N) is 1. The van der Waals surface area contributed by atoms with Crippen LogP contribution in [0, 0.1) is 17.2 Å². The largest absolute Gasteiger partial charge is 0.370 e. The predicted molar refractivity (Wildman–Crippen MR) is 41.5 cm³/mol. The SMILES string of the molecule is CC(C#N)CNCCC(N)=O. The molecule has 11 heavy (non-hydrogen) atoms. The van der Waals surface area contributed by atoms with Crippen molar-refractivity contribution in [3.8, 4) is 6.07 Å². The standard InChI is InChI=1S/C7H13N3O/c1-6(4-8)5-10-3-2-7(9)11/h6,10H,2-3,5H2,1H3,(H2,9,11). The van der Waals surface area contributed by atoms with Crippen LogP contribution < -0.4 is 11.1 Å². The van der Waals surface area contributed by atoms with Gasteiger partial charge in [-0.1, -0.05) is 0 Å². The van der Waals surface area contributed by atoms with Gasteiger partial charge in [-0.05, 0) is 6.92 Å². The van der Waals surface area contributed by atoms with Gasteiger partial charge in [0.25, 0.3) is 0 Å². The van der Waals surface area contributed by atoms with Crippen LogP contribution in [-0.2, 0) is 4.79 Å². The number of nitriles is 1. The number of amides is 1. The summed E-state index contributed by atoms with van der Waals surface area (Å²) in [6.07, 6.45) is 0.331. The van der Waals surface area contributed by atoms with Crippen LogP contribution in [0.15, 0.2) is 0 Å². The van der Waals surface area contributed by atoms with Crippen molar-refractivity contribution in [1.29, 1.82) is 5.26 Å². The summed E-state index contributed by atoms with van der Waals surface area (Å²) in [5.74, 6) is -0.329. The van der Waals surface area contributed by atoms with Gasteiger partial charge in [0.2, 0.25) is 5.91 Å². The Morgan fingerprint density at radius 3 is 2.91 bits per heavy atom. The minimum atomic E-state index is -0.317. The fourth-order valence-corrected chi connectivity index (χ4v) is 0.576. The molecule has 0 aliphatic carbocycles. The molecule has 0 spiro atoms. The second-order valence-electron chi connectivity index (χ2n) is 2.45. The Balaban J connectivity index is 3.16. The molecule has 0 aliphatic rings. The van der Waals surface area contributed by atoms with Crippen molar-refractivity contribution in [3.05, 3.63) is 0 Å². The maximum atomic E-state index is 10.2. The number of primary amides is 1. The molecule has 4 nitrogen and oxygen atoms in total. The van der Waals surface area contributed by atoms with Crippen LogP contribution in [0.2, 0.25) is 0 Å². The molecule has 4 heteroatoms. The van der Waals surface area contributed by atoms with Crippen LogP contribution in [0.5, 0.6) is 0 Å². The summed E-state index contributed by atoms with van der Waals surface area (Å²) in [7, 11) is 0. The average molecular weight is 155 g/mol. The van der Waals surface area contributed by atoms with E-state index in [2.05, 4.69) is 11.4 Å². The van der Waals surface area contributed by atoms with E-state index in [0.717, 1.165) is 0 Å². The molecule has 0 aromatic rings. The molecule has 0 heterocycles. The Kier molecular flexibility index (Phi) is 5.13. The Hall–Kier alpha value is -1.08. The second-order valence-corrected chi connectivity index (χ2v) is 2.45. The Labute approximate surface area is 66.4 Å². The van der Waals surface area contributed by atoms with Gasteiger partial charge in [0.1, 0.15) is 0 Å². The lowest BCUT2D eigenvalue weighted by molar-refractivity contribution is -0.117. The number of rotatable bonds is 5. The molecule has 62 valence electrons. The summed E-state index contributed by atoms with van der Waals surface area (Å²) in [6.45, 7) is 2.99. The summed E-state index contributed by atoms with van der Waals surface area (Å²) in [5.41, 5.74) is 4.90. The van der Waals surface area contributed by atoms with E-state index in [-0.39, 0.29) is 11.8 Å². The topological polar surface area (TPSA) is 78.9 Å². The Morgan fingerprint density at radius 2 is 2.45 bits per heavy atom. The zero-order valence-corrected chi connectivity index (χ0v) is 6.63. The molecule has 0 aromatic carbocycles. The maximum Gasteiger partial charge on any atom is 0.218 e. The van der Waals surface area contributed by atoms with E-state index >= 15 is 0 Å². The summed E-state index contributed by atoms with van der Waals surface area (Å²) < 4.78 is 0. The van der Waals surface area contributed by atoms with Crippen molar-refractivity contribution >= 4 is 5.91 Å². The van der Waals surface area contributed by atoms with Crippen molar-refractivity contribution in [2.75, 3.05) is 13.1 Å². The molecule has 0 aliphatic heterocycles. The van der Waals surface area contributed by atoms with Crippen LogP contribution in [-0.4, -0.2) is 19.0 Å². The third-order valence-corrected chi connectivity index (χ3v) is 1.22. The minimum absolute atomic E-state index is 0.0112. The molecule has 0 rings (SSSR count). The number of nitrogens with two attached hydrogens (primary N) is 1. The van der Waals surface area contributed by atoms with E-state index < -0.39 is 0 Å². The molecule has 0 saturated heterocycles. The maximum absolute atomic E-state index is 10.2. The second kappa shape index (κ2) is 5.69. The number of hydrogen-bond donors (Lipinski definition) is 2. The van der Waals surface area contributed by atoms with Crippen molar-refractivity contribution in [2.45, 2.75) is 13.3 Å². The fraction of sp³-hybridized carbons (Fsp3) is 0.714. The third kappa shape index (κ3) is 6.81. The first-order valence-corrected chi connectivity index (χ1v) is 3.55. The highest BCUT2D eigenvalue weighted by molar-refractivity contribution is 5.73. The molecule has 1 atom stereocenters. The zero-order chi connectivity index (χ0) is 8.69. The number of carbonyl (C=O) groups excluding carboxylic acids is 1. The third-order valence-electron chi connectivity index (χ3n) is 1.22. The predicted octanol–water partition coefficient (Wildman–Crippen LogP) is -0.389. The monoisotopic (exact) mass is 155 g/mol. The number of nitrogens with one attached hydrogen (secondary N) is 1. The Morgan fingerprint density at radius 1 is 1.82 bits per heavy atom. The van der Waals surface area contributed by atoms with Crippen LogP contribution in [0.3, 0.4) is 0 Å².